The Hall–Kier alpha value is -1.40. The van der Waals surface area contributed by atoms with Crippen LogP contribution in [-0.4, -0.2) is 49.8 Å². The highest BCUT2D eigenvalue weighted by atomic mass is 16.5. The summed E-state index contributed by atoms with van der Waals surface area (Å²) in [6.45, 7) is 2.93. The zero-order chi connectivity index (χ0) is 13.7. The number of aromatic nitrogens is 1. The van der Waals surface area contributed by atoms with E-state index in [1.807, 2.05) is 11.9 Å². The van der Waals surface area contributed by atoms with Crippen LogP contribution in [0.4, 0.5) is 0 Å². The van der Waals surface area contributed by atoms with E-state index in [0.717, 1.165) is 32.5 Å². The predicted molar refractivity (Wildman–Crippen MR) is 69.8 cm³/mol. The standard InChI is InChI=1S/C13H21N3O3/c1-14-8-10-3-5-16(6-4-10)13(17)12-7-11(9-18-2)19-15-12/h7,10,14H,3-6,8-9H2,1-2H3. The van der Waals surface area contributed by atoms with Crippen LogP contribution in [-0.2, 0) is 11.3 Å². The van der Waals surface area contributed by atoms with Crippen LogP contribution in [0.25, 0.3) is 0 Å². The summed E-state index contributed by atoms with van der Waals surface area (Å²) in [5, 5.41) is 6.99. The average molecular weight is 267 g/mol. The maximum atomic E-state index is 12.2. The monoisotopic (exact) mass is 267 g/mol. The van der Waals surface area contributed by atoms with E-state index in [1.54, 1.807) is 13.2 Å². The number of ether oxygens (including phenoxy) is 1. The average Bonchev–Trinajstić information content (AvgIpc) is 2.88. The summed E-state index contributed by atoms with van der Waals surface area (Å²) in [5.41, 5.74) is 0.374. The minimum Gasteiger partial charge on any atom is -0.377 e. The predicted octanol–water partition coefficient (Wildman–Crippen LogP) is 0.893. The van der Waals surface area contributed by atoms with Crippen LogP contribution in [0, 0.1) is 5.92 Å². The fourth-order valence-corrected chi connectivity index (χ4v) is 2.41. The first-order chi connectivity index (χ1) is 9.24. The number of piperidine rings is 1. The van der Waals surface area contributed by atoms with E-state index in [0.29, 0.717) is 24.0 Å². The number of carbonyl (C=O) groups is 1. The number of likely N-dealkylation sites (tertiary alicyclic amines) is 1. The van der Waals surface area contributed by atoms with Gasteiger partial charge < -0.3 is 19.5 Å². The van der Waals surface area contributed by atoms with Crippen molar-refractivity contribution >= 4 is 5.91 Å². The molecule has 19 heavy (non-hydrogen) atoms. The lowest BCUT2D eigenvalue weighted by Gasteiger charge is -2.31. The molecule has 0 unspecified atom stereocenters. The van der Waals surface area contributed by atoms with Gasteiger partial charge in [0.15, 0.2) is 11.5 Å². The summed E-state index contributed by atoms with van der Waals surface area (Å²) in [6, 6.07) is 1.66. The lowest BCUT2D eigenvalue weighted by atomic mass is 9.96. The van der Waals surface area contributed by atoms with Crippen molar-refractivity contribution in [2.75, 3.05) is 33.8 Å². The minimum atomic E-state index is -0.0472. The molecule has 6 heteroatoms. The van der Waals surface area contributed by atoms with Gasteiger partial charge in [0.1, 0.15) is 6.61 Å². The molecule has 0 aromatic carbocycles. The highest BCUT2D eigenvalue weighted by molar-refractivity contribution is 5.92. The number of hydrogen-bond acceptors (Lipinski definition) is 5. The van der Waals surface area contributed by atoms with Crippen molar-refractivity contribution in [2.45, 2.75) is 19.4 Å². The Kier molecular flexibility index (Phi) is 4.93. The molecular formula is C13H21N3O3. The molecule has 6 nitrogen and oxygen atoms in total. The zero-order valence-corrected chi connectivity index (χ0v) is 11.5. The second-order valence-electron chi connectivity index (χ2n) is 4.90. The topological polar surface area (TPSA) is 67.6 Å². The second kappa shape index (κ2) is 6.68. The number of rotatable bonds is 5. The third-order valence-corrected chi connectivity index (χ3v) is 3.46. The molecule has 1 aliphatic rings. The summed E-state index contributed by atoms with van der Waals surface area (Å²) < 4.78 is 9.99. The molecule has 1 aromatic heterocycles. The summed E-state index contributed by atoms with van der Waals surface area (Å²) >= 11 is 0. The summed E-state index contributed by atoms with van der Waals surface area (Å²) in [7, 11) is 3.54. The van der Waals surface area contributed by atoms with Crippen molar-refractivity contribution in [1.82, 2.24) is 15.4 Å². The molecule has 1 aliphatic heterocycles. The second-order valence-corrected chi connectivity index (χ2v) is 4.90. The highest BCUT2D eigenvalue weighted by Gasteiger charge is 2.25. The lowest BCUT2D eigenvalue weighted by molar-refractivity contribution is 0.0680. The Morgan fingerprint density at radius 2 is 2.32 bits per heavy atom. The van der Waals surface area contributed by atoms with E-state index in [9.17, 15) is 4.79 Å². The first kappa shape index (κ1) is 14.0. The molecule has 1 saturated heterocycles. The van der Waals surface area contributed by atoms with Crippen LogP contribution in [0.15, 0.2) is 10.6 Å². The molecule has 0 bridgehead atoms. The molecule has 106 valence electrons. The van der Waals surface area contributed by atoms with E-state index in [2.05, 4.69) is 10.5 Å². The normalized spacial score (nSPS) is 16.8. The number of amides is 1. The Morgan fingerprint density at radius 3 is 2.95 bits per heavy atom. The Morgan fingerprint density at radius 1 is 1.58 bits per heavy atom. The van der Waals surface area contributed by atoms with Crippen LogP contribution in [0.1, 0.15) is 29.1 Å². The Bertz CT molecular complexity index is 411. The lowest BCUT2D eigenvalue weighted by Crippen LogP contribution is -2.40. The molecule has 0 atom stereocenters. The maximum Gasteiger partial charge on any atom is 0.276 e. The number of nitrogens with one attached hydrogen (secondary N) is 1. The highest BCUT2D eigenvalue weighted by Crippen LogP contribution is 2.18. The molecule has 2 heterocycles. The Labute approximate surface area is 113 Å². The smallest absolute Gasteiger partial charge is 0.276 e. The third kappa shape index (κ3) is 3.54. The third-order valence-electron chi connectivity index (χ3n) is 3.46. The number of hydrogen-bond donors (Lipinski definition) is 1. The van der Waals surface area contributed by atoms with Gasteiger partial charge >= 0.3 is 0 Å². The SMILES string of the molecule is CNCC1CCN(C(=O)c2cc(COC)on2)CC1. The van der Waals surface area contributed by atoms with Gasteiger partial charge in [-0.2, -0.15) is 0 Å². The fraction of sp³-hybridized carbons (Fsp3) is 0.692. The number of carbonyl (C=O) groups excluding carboxylic acids is 1. The van der Waals surface area contributed by atoms with E-state index in [-0.39, 0.29) is 5.91 Å². The first-order valence-corrected chi connectivity index (χ1v) is 6.63. The molecule has 0 aliphatic carbocycles. The van der Waals surface area contributed by atoms with E-state index in [1.165, 1.54) is 0 Å². The van der Waals surface area contributed by atoms with Crippen molar-refractivity contribution in [3.63, 3.8) is 0 Å². The minimum absolute atomic E-state index is 0.0472. The van der Waals surface area contributed by atoms with Crippen molar-refractivity contribution < 1.29 is 14.1 Å². The van der Waals surface area contributed by atoms with Gasteiger partial charge in [-0.1, -0.05) is 5.16 Å². The Balaban J connectivity index is 1.89. The largest absolute Gasteiger partial charge is 0.377 e. The molecule has 1 aromatic rings. The van der Waals surface area contributed by atoms with Crippen LogP contribution in [0.5, 0.6) is 0 Å². The van der Waals surface area contributed by atoms with Gasteiger partial charge in [-0.25, -0.2) is 0 Å². The first-order valence-electron chi connectivity index (χ1n) is 6.63. The van der Waals surface area contributed by atoms with Crippen LogP contribution in [0.2, 0.25) is 0 Å². The van der Waals surface area contributed by atoms with Gasteiger partial charge in [0.2, 0.25) is 0 Å². The molecular weight excluding hydrogens is 246 g/mol. The summed E-state index contributed by atoms with van der Waals surface area (Å²) in [6.07, 6.45) is 2.07. The molecule has 0 spiro atoms. The van der Waals surface area contributed by atoms with E-state index >= 15 is 0 Å². The van der Waals surface area contributed by atoms with Crippen LogP contribution in [0.3, 0.4) is 0 Å². The molecule has 1 N–H and O–H groups in total. The molecule has 0 radical (unpaired) electrons. The summed E-state index contributed by atoms with van der Waals surface area (Å²) in [5.74, 6) is 1.19. The van der Waals surface area contributed by atoms with Crippen molar-refractivity contribution in [2.24, 2.45) is 5.92 Å². The fourth-order valence-electron chi connectivity index (χ4n) is 2.41. The summed E-state index contributed by atoms with van der Waals surface area (Å²) in [4.78, 5) is 14.1. The quantitative estimate of drug-likeness (QED) is 0.858. The number of nitrogens with zero attached hydrogens (tertiary/aromatic N) is 2. The zero-order valence-electron chi connectivity index (χ0n) is 11.5. The van der Waals surface area contributed by atoms with E-state index in [4.69, 9.17) is 9.26 Å². The molecule has 2 rings (SSSR count). The molecule has 1 fully saturated rings. The van der Waals surface area contributed by atoms with Gasteiger partial charge in [-0.05, 0) is 32.4 Å². The van der Waals surface area contributed by atoms with Crippen molar-refractivity contribution in [3.8, 4) is 0 Å². The van der Waals surface area contributed by atoms with Gasteiger partial charge in [0.05, 0.1) is 0 Å². The van der Waals surface area contributed by atoms with Gasteiger partial charge in [-0.15, -0.1) is 0 Å². The van der Waals surface area contributed by atoms with Gasteiger partial charge in [-0.3, -0.25) is 4.79 Å². The van der Waals surface area contributed by atoms with Crippen molar-refractivity contribution in [3.05, 3.63) is 17.5 Å². The van der Waals surface area contributed by atoms with E-state index < -0.39 is 0 Å². The van der Waals surface area contributed by atoms with Gasteiger partial charge in [0, 0.05) is 26.3 Å². The van der Waals surface area contributed by atoms with Crippen LogP contribution >= 0.6 is 0 Å². The van der Waals surface area contributed by atoms with Gasteiger partial charge in [0.25, 0.3) is 5.91 Å². The van der Waals surface area contributed by atoms with Crippen LogP contribution < -0.4 is 5.32 Å². The number of methoxy groups -OCH3 is 1. The molecule has 0 saturated carbocycles. The maximum absolute atomic E-state index is 12.2. The molecule has 1 amide bonds. The van der Waals surface area contributed by atoms with Crippen molar-refractivity contribution in [1.29, 1.82) is 0 Å².